The zero-order valence-corrected chi connectivity index (χ0v) is 15.7. The van der Waals surface area contributed by atoms with Gasteiger partial charge in [0.25, 0.3) is 0 Å². The van der Waals surface area contributed by atoms with Gasteiger partial charge in [0.2, 0.25) is 0 Å². The molecule has 0 aliphatic carbocycles. The zero-order chi connectivity index (χ0) is 15.9. The van der Waals surface area contributed by atoms with Gasteiger partial charge in [0.1, 0.15) is 0 Å². The molecule has 1 aliphatic rings. The topological polar surface area (TPSA) is 9.23 Å². The maximum absolute atomic E-state index is 6.14. The first-order valence-corrected chi connectivity index (χ1v) is 10.4. The van der Waals surface area contributed by atoms with Gasteiger partial charge in [0.05, 0.1) is 6.10 Å². The first kappa shape index (κ1) is 19.9. The van der Waals surface area contributed by atoms with Gasteiger partial charge in [-0.2, -0.15) is 0 Å². The smallest absolute Gasteiger partial charge is 0.160 e. The molecule has 0 aromatic rings. The van der Waals surface area contributed by atoms with E-state index in [1.54, 1.807) is 0 Å². The Bertz CT molecular complexity index is 264. The number of rotatable bonds is 5. The third kappa shape index (κ3) is 11.5. The van der Waals surface area contributed by atoms with Crippen molar-refractivity contribution < 1.29 is 4.74 Å². The van der Waals surface area contributed by atoms with Gasteiger partial charge >= 0.3 is 0 Å². The molecule has 1 nitrogen and oxygen atoms in total. The fourth-order valence-electron chi connectivity index (χ4n) is 3.36. The Labute approximate surface area is 144 Å². The van der Waals surface area contributed by atoms with Crippen molar-refractivity contribution in [2.75, 3.05) is 0 Å². The molecule has 1 fully saturated rings. The standard InChI is InChI=1S/C20H38OS/c1-2-3-4-13-16-19-17-14-11-9-7-5-6-8-10-12-15-18-20(22)21-19/h19H,2-18H2,1H3. The quantitative estimate of drug-likeness (QED) is 0.385. The molecule has 130 valence electrons. The maximum Gasteiger partial charge on any atom is 0.160 e. The van der Waals surface area contributed by atoms with Crippen LogP contribution in [0.5, 0.6) is 0 Å². The first-order chi connectivity index (χ1) is 10.8. The van der Waals surface area contributed by atoms with Crippen LogP contribution in [0.3, 0.4) is 0 Å². The summed E-state index contributed by atoms with van der Waals surface area (Å²) in [4.78, 5) is 0. The summed E-state index contributed by atoms with van der Waals surface area (Å²) in [5.74, 6) is 0. The van der Waals surface area contributed by atoms with E-state index in [4.69, 9.17) is 17.0 Å². The molecule has 1 heterocycles. The summed E-state index contributed by atoms with van der Waals surface area (Å²) in [6, 6.07) is 0. The van der Waals surface area contributed by atoms with E-state index in [9.17, 15) is 0 Å². The van der Waals surface area contributed by atoms with Crippen LogP contribution in [0.4, 0.5) is 0 Å². The summed E-state index contributed by atoms with van der Waals surface area (Å²) in [6.07, 6.45) is 22.9. The SMILES string of the molecule is CCCCCCC1CCCCCCCCCCCCC(=S)O1. The van der Waals surface area contributed by atoms with E-state index in [-0.39, 0.29) is 0 Å². The molecule has 0 amide bonds. The summed E-state index contributed by atoms with van der Waals surface area (Å²) in [5, 5.41) is 0.885. The fraction of sp³-hybridized carbons (Fsp3) is 0.950. The Balaban J connectivity index is 2.32. The highest BCUT2D eigenvalue weighted by Gasteiger charge is 2.12. The summed E-state index contributed by atoms with van der Waals surface area (Å²) in [7, 11) is 0. The van der Waals surface area contributed by atoms with Crippen LogP contribution >= 0.6 is 12.2 Å². The van der Waals surface area contributed by atoms with Gasteiger partial charge in [-0.1, -0.05) is 77.6 Å². The second kappa shape index (κ2) is 14.5. The molecule has 0 spiro atoms. The molecule has 22 heavy (non-hydrogen) atoms. The van der Waals surface area contributed by atoms with E-state index in [1.807, 2.05) is 0 Å². The lowest BCUT2D eigenvalue weighted by atomic mass is 10.0. The van der Waals surface area contributed by atoms with Gasteiger partial charge < -0.3 is 4.74 Å². The molecular weight excluding hydrogens is 288 g/mol. The van der Waals surface area contributed by atoms with Crippen LogP contribution in [0.2, 0.25) is 0 Å². The van der Waals surface area contributed by atoms with E-state index in [0.29, 0.717) is 6.10 Å². The number of thiocarbonyl (C=S) groups is 1. The molecule has 1 rings (SSSR count). The molecule has 1 atom stereocenters. The van der Waals surface area contributed by atoms with E-state index >= 15 is 0 Å². The third-order valence-electron chi connectivity index (χ3n) is 4.83. The lowest BCUT2D eigenvalue weighted by Gasteiger charge is -2.20. The molecule has 0 aromatic heterocycles. The summed E-state index contributed by atoms with van der Waals surface area (Å²) in [6.45, 7) is 2.27. The van der Waals surface area contributed by atoms with Crippen molar-refractivity contribution in [3.8, 4) is 0 Å². The predicted molar refractivity (Wildman–Crippen MR) is 102 cm³/mol. The van der Waals surface area contributed by atoms with Crippen molar-refractivity contribution in [2.24, 2.45) is 0 Å². The Kier molecular flexibility index (Phi) is 13.1. The minimum Gasteiger partial charge on any atom is -0.484 e. The Morgan fingerprint density at radius 3 is 2.05 bits per heavy atom. The second-order valence-corrected chi connectivity index (χ2v) is 7.49. The van der Waals surface area contributed by atoms with E-state index in [2.05, 4.69) is 6.92 Å². The number of hydrogen-bond acceptors (Lipinski definition) is 2. The van der Waals surface area contributed by atoms with E-state index in [0.717, 1.165) is 11.5 Å². The minimum absolute atomic E-state index is 0.398. The minimum atomic E-state index is 0.398. The third-order valence-corrected chi connectivity index (χ3v) is 5.14. The first-order valence-electron chi connectivity index (χ1n) is 10.0. The van der Waals surface area contributed by atoms with Crippen molar-refractivity contribution in [3.63, 3.8) is 0 Å². The summed E-state index contributed by atoms with van der Waals surface area (Å²) >= 11 is 5.48. The van der Waals surface area contributed by atoms with Gasteiger partial charge in [-0.15, -0.1) is 0 Å². The summed E-state index contributed by atoms with van der Waals surface area (Å²) in [5.41, 5.74) is 0. The number of hydrogen-bond donors (Lipinski definition) is 0. The zero-order valence-electron chi connectivity index (χ0n) is 14.9. The lowest BCUT2D eigenvalue weighted by molar-refractivity contribution is 0.160. The molecule has 0 bridgehead atoms. The highest BCUT2D eigenvalue weighted by molar-refractivity contribution is 7.80. The van der Waals surface area contributed by atoms with Crippen LogP contribution in [-0.4, -0.2) is 11.2 Å². The Morgan fingerprint density at radius 2 is 1.41 bits per heavy atom. The number of unbranched alkanes of at least 4 members (excludes halogenated alkanes) is 3. The highest BCUT2D eigenvalue weighted by Crippen LogP contribution is 2.19. The molecule has 1 unspecified atom stereocenters. The maximum atomic E-state index is 6.14. The van der Waals surface area contributed by atoms with Crippen molar-refractivity contribution >= 4 is 17.3 Å². The predicted octanol–water partition coefficient (Wildman–Crippen LogP) is 7.36. The van der Waals surface area contributed by atoms with Crippen molar-refractivity contribution in [2.45, 2.75) is 122 Å². The molecule has 0 saturated carbocycles. The van der Waals surface area contributed by atoms with Crippen molar-refractivity contribution in [3.05, 3.63) is 0 Å². The number of ether oxygens (including phenoxy) is 1. The van der Waals surface area contributed by atoms with Gasteiger partial charge in [-0.25, -0.2) is 0 Å². The van der Waals surface area contributed by atoms with E-state index < -0.39 is 0 Å². The highest BCUT2D eigenvalue weighted by atomic mass is 32.1. The summed E-state index contributed by atoms with van der Waals surface area (Å²) < 4.78 is 6.14. The van der Waals surface area contributed by atoms with Crippen LogP contribution in [0, 0.1) is 0 Å². The Morgan fingerprint density at radius 1 is 0.818 bits per heavy atom. The van der Waals surface area contributed by atoms with Crippen LogP contribution in [0.1, 0.15) is 116 Å². The van der Waals surface area contributed by atoms with Crippen LogP contribution in [0.25, 0.3) is 0 Å². The van der Waals surface area contributed by atoms with Crippen molar-refractivity contribution in [1.82, 2.24) is 0 Å². The molecule has 2 heteroatoms. The molecule has 1 aliphatic heterocycles. The van der Waals surface area contributed by atoms with E-state index in [1.165, 1.54) is 103 Å². The van der Waals surface area contributed by atoms with Crippen LogP contribution < -0.4 is 0 Å². The molecule has 0 N–H and O–H groups in total. The van der Waals surface area contributed by atoms with Crippen molar-refractivity contribution in [1.29, 1.82) is 0 Å². The second-order valence-electron chi connectivity index (χ2n) is 7.04. The molecule has 0 radical (unpaired) electrons. The van der Waals surface area contributed by atoms with Gasteiger partial charge in [-0.05, 0) is 44.3 Å². The fourth-order valence-corrected chi connectivity index (χ4v) is 3.64. The van der Waals surface area contributed by atoms with Crippen LogP contribution in [0.15, 0.2) is 0 Å². The Hall–Kier alpha value is -0.110. The lowest BCUT2D eigenvalue weighted by Crippen LogP contribution is -2.17. The normalized spacial score (nSPS) is 23.3. The average molecular weight is 327 g/mol. The van der Waals surface area contributed by atoms with Crippen LogP contribution in [-0.2, 0) is 4.74 Å². The monoisotopic (exact) mass is 326 g/mol. The molecule has 1 saturated heterocycles. The van der Waals surface area contributed by atoms with Gasteiger partial charge in [-0.3, -0.25) is 0 Å². The molecular formula is C20H38OS. The largest absolute Gasteiger partial charge is 0.484 e. The van der Waals surface area contributed by atoms with Gasteiger partial charge in [0, 0.05) is 6.42 Å². The molecule has 0 aromatic carbocycles. The average Bonchev–Trinajstić information content (AvgIpc) is 2.52. The van der Waals surface area contributed by atoms with Gasteiger partial charge in [0.15, 0.2) is 5.05 Å².